The van der Waals surface area contributed by atoms with Crippen LogP contribution >= 0.6 is 15.9 Å². The highest BCUT2D eigenvalue weighted by Gasteiger charge is 2.38. The van der Waals surface area contributed by atoms with E-state index in [0.717, 1.165) is 10.0 Å². The summed E-state index contributed by atoms with van der Waals surface area (Å²) in [4.78, 5) is 0.180. The van der Waals surface area contributed by atoms with Crippen molar-refractivity contribution in [2.45, 2.75) is 51.2 Å². The maximum Gasteiger partial charge on any atom is 0.247 e. The fourth-order valence-corrected chi connectivity index (χ4v) is 5.92. The smallest absolute Gasteiger partial charge is 0.247 e. The SMILES string of the molecule is Cc1ccc(Cn2cc(CN3[C@H](CC(C)C)COc4cc(Br)ccc4S3(=O)=O)nn2)cc1. The van der Waals surface area contributed by atoms with Crippen molar-refractivity contribution >= 4 is 26.0 Å². The first-order valence-electron chi connectivity index (χ1n) is 10.6. The van der Waals surface area contributed by atoms with Gasteiger partial charge in [0.2, 0.25) is 10.0 Å². The van der Waals surface area contributed by atoms with Crippen molar-refractivity contribution in [3.8, 4) is 5.75 Å². The Morgan fingerprint density at radius 2 is 1.91 bits per heavy atom. The normalized spacial score (nSPS) is 18.2. The molecule has 0 amide bonds. The van der Waals surface area contributed by atoms with E-state index in [-0.39, 0.29) is 17.5 Å². The molecular formula is C23H27BrN4O3S. The highest BCUT2D eigenvalue weighted by Crippen LogP contribution is 2.35. The van der Waals surface area contributed by atoms with Crippen LogP contribution in [0.2, 0.25) is 0 Å². The molecule has 32 heavy (non-hydrogen) atoms. The zero-order valence-corrected chi connectivity index (χ0v) is 20.8. The largest absolute Gasteiger partial charge is 0.490 e. The lowest BCUT2D eigenvalue weighted by atomic mass is 10.0. The van der Waals surface area contributed by atoms with Gasteiger partial charge >= 0.3 is 0 Å². The van der Waals surface area contributed by atoms with Gasteiger partial charge in [-0.1, -0.05) is 64.8 Å². The van der Waals surface area contributed by atoms with Gasteiger partial charge in [-0.05, 0) is 43.0 Å². The molecule has 0 unspecified atom stereocenters. The van der Waals surface area contributed by atoms with Gasteiger partial charge in [0.25, 0.3) is 0 Å². The van der Waals surface area contributed by atoms with Crippen LogP contribution in [-0.2, 0) is 23.1 Å². The molecule has 0 saturated carbocycles. The summed E-state index contributed by atoms with van der Waals surface area (Å²) in [6.07, 6.45) is 2.50. The highest BCUT2D eigenvalue weighted by atomic mass is 79.9. The van der Waals surface area contributed by atoms with Crippen molar-refractivity contribution in [3.05, 3.63) is 70.0 Å². The fraction of sp³-hybridized carbons (Fsp3) is 0.391. The van der Waals surface area contributed by atoms with Gasteiger partial charge in [0.15, 0.2) is 0 Å². The minimum atomic E-state index is -3.77. The maximum absolute atomic E-state index is 13.6. The Kier molecular flexibility index (Phi) is 6.69. The number of ether oxygens (including phenoxy) is 1. The Hall–Kier alpha value is -2.23. The molecule has 9 heteroatoms. The summed E-state index contributed by atoms with van der Waals surface area (Å²) in [6, 6.07) is 13.0. The van der Waals surface area contributed by atoms with Gasteiger partial charge in [0.1, 0.15) is 17.3 Å². The molecule has 0 saturated heterocycles. The summed E-state index contributed by atoms with van der Waals surface area (Å²) in [7, 11) is -3.77. The van der Waals surface area contributed by atoms with Gasteiger partial charge in [-0.25, -0.2) is 13.1 Å². The van der Waals surface area contributed by atoms with Gasteiger partial charge in [-0.15, -0.1) is 5.10 Å². The summed E-state index contributed by atoms with van der Waals surface area (Å²) in [6.45, 7) is 7.22. The third-order valence-electron chi connectivity index (χ3n) is 5.44. The lowest BCUT2D eigenvalue weighted by molar-refractivity contribution is 0.186. The predicted octanol–water partition coefficient (Wildman–Crippen LogP) is 4.40. The van der Waals surface area contributed by atoms with E-state index in [0.29, 0.717) is 36.9 Å². The van der Waals surface area contributed by atoms with E-state index >= 15 is 0 Å². The molecule has 1 atom stereocenters. The molecule has 170 valence electrons. The second-order valence-corrected chi connectivity index (χ2v) is 11.4. The second kappa shape index (κ2) is 9.33. The molecule has 0 spiro atoms. The number of benzene rings is 2. The van der Waals surface area contributed by atoms with Crippen molar-refractivity contribution in [3.63, 3.8) is 0 Å². The topological polar surface area (TPSA) is 77.3 Å². The van der Waals surface area contributed by atoms with Crippen LogP contribution < -0.4 is 4.74 Å². The van der Waals surface area contributed by atoms with Crippen LogP contribution in [0.15, 0.2) is 58.0 Å². The molecule has 2 heterocycles. The lowest BCUT2D eigenvalue weighted by Gasteiger charge is -2.28. The highest BCUT2D eigenvalue weighted by molar-refractivity contribution is 9.10. The van der Waals surface area contributed by atoms with Crippen LogP contribution in [0.4, 0.5) is 0 Å². The summed E-state index contributed by atoms with van der Waals surface area (Å²) in [5, 5.41) is 8.48. The van der Waals surface area contributed by atoms with Gasteiger partial charge in [0.05, 0.1) is 31.0 Å². The molecule has 3 aromatic rings. The number of aryl methyl sites for hydroxylation is 1. The zero-order chi connectivity index (χ0) is 22.9. The van der Waals surface area contributed by atoms with Crippen molar-refractivity contribution < 1.29 is 13.2 Å². The molecule has 1 aliphatic heterocycles. The third-order valence-corrected chi connectivity index (χ3v) is 7.87. The number of hydrogen-bond donors (Lipinski definition) is 0. The van der Waals surface area contributed by atoms with Gasteiger partial charge in [0, 0.05) is 4.47 Å². The van der Waals surface area contributed by atoms with E-state index < -0.39 is 10.0 Å². The molecule has 0 aliphatic carbocycles. The molecule has 0 N–H and O–H groups in total. The number of nitrogens with zero attached hydrogens (tertiary/aromatic N) is 4. The average Bonchev–Trinajstić information content (AvgIpc) is 3.14. The van der Waals surface area contributed by atoms with E-state index in [4.69, 9.17) is 4.74 Å². The van der Waals surface area contributed by atoms with Gasteiger partial charge in [-0.3, -0.25) is 0 Å². The number of hydrogen-bond acceptors (Lipinski definition) is 5. The molecule has 2 aromatic carbocycles. The van der Waals surface area contributed by atoms with E-state index in [1.165, 1.54) is 9.87 Å². The third kappa shape index (κ3) is 5.05. The van der Waals surface area contributed by atoms with E-state index in [1.807, 2.05) is 13.1 Å². The van der Waals surface area contributed by atoms with E-state index in [1.54, 1.807) is 22.9 Å². The van der Waals surface area contributed by atoms with Crippen LogP contribution in [0.25, 0.3) is 0 Å². The standard InChI is InChI=1S/C23H27BrN4O3S/c1-16(2)10-21-15-31-22-11-19(24)8-9-23(22)32(29,30)28(21)14-20-13-27(26-25-20)12-18-6-4-17(3)5-7-18/h4-9,11,13,16,21H,10,12,14-15H2,1-3H3/t21-/m1/s1. The first-order chi connectivity index (χ1) is 15.2. The van der Waals surface area contributed by atoms with E-state index in [9.17, 15) is 8.42 Å². The molecule has 0 fully saturated rings. The molecule has 0 bridgehead atoms. The van der Waals surface area contributed by atoms with Gasteiger partial charge < -0.3 is 4.74 Å². The second-order valence-electron chi connectivity index (χ2n) is 8.63. The monoisotopic (exact) mass is 518 g/mol. The van der Waals surface area contributed by atoms with Crippen molar-refractivity contribution in [2.24, 2.45) is 5.92 Å². The van der Waals surface area contributed by atoms with Crippen LogP contribution in [0.1, 0.15) is 37.1 Å². The molecule has 4 rings (SSSR count). The average molecular weight is 519 g/mol. The number of rotatable bonds is 6. The summed E-state index contributed by atoms with van der Waals surface area (Å²) < 4.78 is 37.3. The number of halogens is 1. The number of aromatic nitrogens is 3. The van der Waals surface area contributed by atoms with Gasteiger partial charge in [-0.2, -0.15) is 4.31 Å². The Labute approximate surface area is 197 Å². The molecule has 1 aliphatic rings. The van der Waals surface area contributed by atoms with Crippen LogP contribution in [0.3, 0.4) is 0 Å². The summed E-state index contributed by atoms with van der Waals surface area (Å²) in [5.74, 6) is 0.685. The van der Waals surface area contributed by atoms with Crippen LogP contribution in [0, 0.1) is 12.8 Å². The Morgan fingerprint density at radius 1 is 1.16 bits per heavy atom. The number of fused-ring (bicyclic) bond motifs is 1. The molecular weight excluding hydrogens is 492 g/mol. The molecule has 7 nitrogen and oxygen atoms in total. The van der Waals surface area contributed by atoms with Crippen molar-refractivity contribution in [1.82, 2.24) is 19.3 Å². The van der Waals surface area contributed by atoms with Crippen LogP contribution in [0.5, 0.6) is 5.75 Å². The summed E-state index contributed by atoms with van der Waals surface area (Å²) >= 11 is 3.40. The van der Waals surface area contributed by atoms with E-state index in [2.05, 4.69) is 64.4 Å². The first-order valence-corrected chi connectivity index (χ1v) is 12.8. The van der Waals surface area contributed by atoms with Crippen LogP contribution in [-0.4, -0.2) is 40.4 Å². The quantitative estimate of drug-likeness (QED) is 0.483. The fourth-order valence-electron chi connectivity index (χ4n) is 3.87. The Morgan fingerprint density at radius 3 is 2.62 bits per heavy atom. The maximum atomic E-state index is 13.6. The molecule has 1 aromatic heterocycles. The Balaban J connectivity index is 1.62. The zero-order valence-electron chi connectivity index (χ0n) is 18.4. The van der Waals surface area contributed by atoms with Crippen molar-refractivity contribution in [1.29, 1.82) is 0 Å². The number of sulfonamides is 1. The Bertz CT molecular complexity index is 1190. The lowest BCUT2D eigenvalue weighted by Crippen LogP contribution is -2.42. The first kappa shape index (κ1) is 22.9. The summed E-state index contributed by atoms with van der Waals surface area (Å²) in [5.41, 5.74) is 2.92. The minimum absolute atomic E-state index is 0.145. The predicted molar refractivity (Wildman–Crippen MR) is 126 cm³/mol. The molecule has 0 radical (unpaired) electrons. The van der Waals surface area contributed by atoms with Crippen molar-refractivity contribution in [2.75, 3.05) is 6.61 Å². The minimum Gasteiger partial charge on any atom is -0.490 e.